The van der Waals surface area contributed by atoms with E-state index >= 15 is 0 Å². The van der Waals surface area contributed by atoms with Gasteiger partial charge in [0.2, 0.25) is 0 Å². The number of hydrogen-bond acceptors (Lipinski definition) is 5. The second-order valence-electron chi connectivity index (χ2n) is 4.97. The summed E-state index contributed by atoms with van der Waals surface area (Å²) in [7, 11) is 0. The first-order chi connectivity index (χ1) is 11.7. The van der Waals surface area contributed by atoms with Gasteiger partial charge in [0.1, 0.15) is 5.39 Å². The molecule has 1 amide bonds. The van der Waals surface area contributed by atoms with Crippen LogP contribution in [0.2, 0.25) is 0 Å². The molecule has 7 nitrogen and oxygen atoms in total. The quantitative estimate of drug-likeness (QED) is 0.600. The van der Waals surface area contributed by atoms with Crippen molar-refractivity contribution in [3.05, 3.63) is 69.5 Å². The highest BCUT2D eigenvalue weighted by Gasteiger charge is 2.14. The van der Waals surface area contributed by atoms with Crippen LogP contribution in [0.15, 0.2) is 59.1 Å². The SMILES string of the molecule is O=C(Nc1ccccc1-n1ncc2c(=O)[nH]cnc21)c1cccs1. The van der Waals surface area contributed by atoms with Gasteiger partial charge in [-0.15, -0.1) is 11.3 Å². The predicted molar refractivity (Wildman–Crippen MR) is 91.8 cm³/mol. The number of rotatable bonds is 3. The summed E-state index contributed by atoms with van der Waals surface area (Å²) < 4.78 is 1.54. The molecule has 3 heterocycles. The molecule has 4 rings (SSSR count). The number of hydrogen-bond donors (Lipinski definition) is 2. The molecule has 0 fully saturated rings. The van der Waals surface area contributed by atoms with Gasteiger partial charge in [-0.2, -0.15) is 5.10 Å². The fraction of sp³-hybridized carbons (Fsp3) is 0. The Kier molecular flexibility index (Phi) is 3.43. The number of H-pyrrole nitrogens is 1. The van der Waals surface area contributed by atoms with Crippen LogP contribution in [0.1, 0.15) is 9.67 Å². The number of fused-ring (bicyclic) bond motifs is 1. The van der Waals surface area contributed by atoms with Crippen molar-refractivity contribution < 1.29 is 4.79 Å². The highest BCUT2D eigenvalue weighted by Crippen LogP contribution is 2.23. The second kappa shape index (κ2) is 5.74. The van der Waals surface area contributed by atoms with Gasteiger partial charge in [-0.1, -0.05) is 18.2 Å². The molecule has 24 heavy (non-hydrogen) atoms. The van der Waals surface area contributed by atoms with Crippen LogP contribution in [0, 0.1) is 0 Å². The van der Waals surface area contributed by atoms with Gasteiger partial charge in [0.25, 0.3) is 11.5 Å². The fourth-order valence-corrected chi connectivity index (χ4v) is 3.01. The van der Waals surface area contributed by atoms with Gasteiger partial charge in [0.05, 0.1) is 28.8 Å². The maximum atomic E-state index is 12.3. The van der Waals surface area contributed by atoms with Crippen molar-refractivity contribution in [2.45, 2.75) is 0 Å². The van der Waals surface area contributed by atoms with Gasteiger partial charge >= 0.3 is 0 Å². The van der Waals surface area contributed by atoms with Crippen LogP contribution in [0.25, 0.3) is 16.7 Å². The molecule has 0 atom stereocenters. The van der Waals surface area contributed by atoms with Gasteiger partial charge in [-0.3, -0.25) is 9.59 Å². The standard InChI is InChI=1S/C16H11N5O2S/c22-15-10-8-19-21(14(10)17-9-18-15)12-5-2-1-4-11(12)20-16(23)13-6-3-7-24-13/h1-9H,(H,20,23)(H,17,18,22). The number of aromatic nitrogens is 4. The number of nitrogens with one attached hydrogen (secondary N) is 2. The van der Waals surface area contributed by atoms with Gasteiger partial charge < -0.3 is 10.3 Å². The van der Waals surface area contributed by atoms with Gasteiger partial charge in [-0.25, -0.2) is 9.67 Å². The number of anilines is 1. The highest BCUT2D eigenvalue weighted by atomic mass is 32.1. The van der Waals surface area contributed by atoms with E-state index in [9.17, 15) is 9.59 Å². The molecule has 1 aromatic carbocycles. The third-order valence-corrected chi connectivity index (χ3v) is 4.36. The molecule has 8 heteroatoms. The molecule has 0 aliphatic rings. The average Bonchev–Trinajstić information content (AvgIpc) is 3.26. The monoisotopic (exact) mass is 337 g/mol. The van der Waals surface area contributed by atoms with Crippen molar-refractivity contribution >= 4 is 34.0 Å². The van der Waals surface area contributed by atoms with E-state index in [1.165, 1.54) is 28.5 Å². The Morgan fingerprint density at radius 1 is 1.21 bits per heavy atom. The first-order valence-electron chi connectivity index (χ1n) is 7.10. The molecular formula is C16H11N5O2S. The summed E-state index contributed by atoms with van der Waals surface area (Å²) in [5.41, 5.74) is 1.39. The summed E-state index contributed by atoms with van der Waals surface area (Å²) in [6, 6.07) is 10.8. The average molecular weight is 337 g/mol. The Morgan fingerprint density at radius 2 is 2.08 bits per heavy atom. The number of amides is 1. The molecule has 0 radical (unpaired) electrons. The lowest BCUT2D eigenvalue weighted by Gasteiger charge is -2.10. The first-order valence-corrected chi connectivity index (χ1v) is 7.97. The van der Waals surface area contributed by atoms with Crippen LogP contribution < -0.4 is 10.9 Å². The van der Waals surface area contributed by atoms with Crippen LogP contribution in [0.3, 0.4) is 0 Å². The topological polar surface area (TPSA) is 92.7 Å². The largest absolute Gasteiger partial charge is 0.319 e. The molecule has 0 bridgehead atoms. The number of carbonyl (C=O) groups excluding carboxylic acids is 1. The normalized spacial score (nSPS) is 10.8. The van der Waals surface area contributed by atoms with Crippen LogP contribution in [-0.2, 0) is 0 Å². The molecule has 0 aliphatic carbocycles. The zero-order valence-corrected chi connectivity index (χ0v) is 13.1. The summed E-state index contributed by atoms with van der Waals surface area (Å²) in [5.74, 6) is -0.195. The van der Waals surface area contributed by atoms with E-state index in [4.69, 9.17) is 0 Å². The predicted octanol–water partition coefficient (Wildman–Crippen LogP) is 2.42. The summed E-state index contributed by atoms with van der Waals surface area (Å²) in [6.45, 7) is 0. The highest BCUT2D eigenvalue weighted by molar-refractivity contribution is 7.12. The van der Waals surface area contributed by atoms with Gasteiger partial charge in [0, 0.05) is 0 Å². The number of aromatic amines is 1. The molecule has 0 aliphatic heterocycles. The third kappa shape index (κ3) is 2.38. The Morgan fingerprint density at radius 3 is 2.92 bits per heavy atom. The van der Waals surface area contributed by atoms with Crippen LogP contribution in [0.5, 0.6) is 0 Å². The third-order valence-electron chi connectivity index (χ3n) is 3.50. The maximum absolute atomic E-state index is 12.3. The molecule has 0 spiro atoms. The second-order valence-corrected chi connectivity index (χ2v) is 5.92. The number of carbonyl (C=O) groups is 1. The molecule has 118 valence electrons. The lowest BCUT2D eigenvalue weighted by molar-refractivity contribution is 0.103. The van der Waals surface area contributed by atoms with E-state index in [1.807, 2.05) is 23.6 Å². The van der Waals surface area contributed by atoms with E-state index in [1.54, 1.807) is 18.2 Å². The molecular weight excluding hydrogens is 326 g/mol. The summed E-state index contributed by atoms with van der Waals surface area (Å²) >= 11 is 1.37. The molecule has 3 aromatic heterocycles. The molecule has 0 unspecified atom stereocenters. The molecule has 2 N–H and O–H groups in total. The van der Waals surface area contributed by atoms with E-state index in [-0.39, 0.29) is 11.5 Å². The van der Waals surface area contributed by atoms with E-state index in [0.29, 0.717) is 27.3 Å². The summed E-state index contributed by atoms with van der Waals surface area (Å²) in [5, 5.41) is 9.35. The van der Waals surface area contributed by atoms with E-state index in [2.05, 4.69) is 20.4 Å². The van der Waals surface area contributed by atoms with Crippen LogP contribution in [-0.4, -0.2) is 25.7 Å². The van der Waals surface area contributed by atoms with Crippen molar-refractivity contribution in [2.24, 2.45) is 0 Å². The van der Waals surface area contributed by atoms with Crippen molar-refractivity contribution in [3.63, 3.8) is 0 Å². The van der Waals surface area contributed by atoms with Crippen LogP contribution in [0.4, 0.5) is 5.69 Å². The number of nitrogens with zero attached hydrogens (tertiary/aromatic N) is 3. The maximum Gasteiger partial charge on any atom is 0.265 e. The van der Waals surface area contributed by atoms with Crippen molar-refractivity contribution in [1.82, 2.24) is 19.7 Å². The van der Waals surface area contributed by atoms with Crippen LogP contribution >= 0.6 is 11.3 Å². The minimum atomic E-state index is -0.258. The Labute approximate surface area is 139 Å². The minimum Gasteiger partial charge on any atom is -0.319 e. The zero-order valence-electron chi connectivity index (χ0n) is 12.3. The van der Waals surface area contributed by atoms with E-state index in [0.717, 1.165) is 0 Å². The van der Waals surface area contributed by atoms with Crippen molar-refractivity contribution in [3.8, 4) is 5.69 Å². The van der Waals surface area contributed by atoms with Gasteiger partial charge in [-0.05, 0) is 23.6 Å². The Balaban J connectivity index is 1.80. The Hall–Kier alpha value is -3.26. The number of thiophene rings is 1. The van der Waals surface area contributed by atoms with Gasteiger partial charge in [0.15, 0.2) is 5.65 Å². The molecule has 0 saturated carbocycles. The Bertz CT molecular complexity index is 1080. The molecule has 4 aromatic rings. The smallest absolute Gasteiger partial charge is 0.265 e. The summed E-state index contributed by atoms with van der Waals surface area (Å²) in [6.07, 6.45) is 2.79. The summed E-state index contributed by atoms with van der Waals surface area (Å²) in [4.78, 5) is 31.5. The zero-order chi connectivity index (χ0) is 16.5. The van der Waals surface area contributed by atoms with Crippen molar-refractivity contribution in [2.75, 3.05) is 5.32 Å². The first kappa shape index (κ1) is 14.3. The molecule has 0 saturated heterocycles. The lowest BCUT2D eigenvalue weighted by atomic mass is 10.2. The lowest BCUT2D eigenvalue weighted by Crippen LogP contribution is -2.13. The number of benzene rings is 1. The van der Waals surface area contributed by atoms with E-state index < -0.39 is 0 Å². The number of para-hydroxylation sites is 2. The minimum absolute atomic E-state index is 0.195. The van der Waals surface area contributed by atoms with Crippen molar-refractivity contribution in [1.29, 1.82) is 0 Å². The fourth-order valence-electron chi connectivity index (χ4n) is 2.39.